The number of thioether (sulfide) groups is 2. The smallest absolute Gasteiger partial charge is 0.266 e. The van der Waals surface area contributed by atoms with Crippen molar-refractivity contribution in [2.24, 2.45) is 0 Å². The summed E-state index contributed by atoms with van der Waals surface area (Å²) in [6.07, 6.45) is 2.27. The van der Waals surface area contributed by atoms with Crippen LogP contribution in [0.4, 0.5) is 0 Å². The molecule has 3 aromatic rings. The topological polar surface area (TPSA) is 126 Å². The first-order valence-corrected chi connectivity index (χ1v) is 13.5. The van der Waals surface area contributed by atoms with Gasteiger partial charge in [0, 0.05) is 13.0 Å². The molecule has 2 aliphatic heterocycles. The van der Waals surface area contributed by atoms with Gasteiger partial charge in [0.1, 0.15) is 4.32 Å². The number of carbonyl (C=O) groups excluding carboxylic acids is 3. The summed E-state index contributed by atoms with van der Waals surface area (Å²) in [5.74, 6) is 0.475. The van der Waals surface area contributed by atoms with Crippen molar-refractivity contribution >= 4 is 74.9 Å². The molecule has 2 aliphatic rings. The molecule has 0 radical (unpaired) electrons. The fourth-order valence-electron chi connectivity index (χ4n) is 3.61. The average Bonchev–Trinajstić information content (AvgIpc) is 3.59. The van der Waals surface area contributed by atoms with Gasteiger partial charge in [-0.15, -0.1) is 0 Å². The van der Waals surface area contributed by atoms with Gasteiger partial charge in [-0.3, -0.25) is 30.1 Å². The average molecular weight is 556 g/mol. The Morgan fingerprint density at radius 1 is 1.16 bits per heavy atom. The molecule has 190 valence electrons. The number of nitrogens with one attached hydrogen (secondary N) is 3. The van der Waals surface area contributed by atoms with Crippen molar-refractivity contribution in [1.29, 1.82) is 0 Å². The van der Waals surface area contributed by atoms with Gasteiger partial charge in [-0.05, 0) is 42.3 Å². The van der Waals surface area contributed by atoms with Crippen LogP contribution in [-0.2, 0) is 14.4 Å². The maximum Gasteiger partial charge on any atom is 0.266 e. The van der Waals surface area contributed by atoms with Crippen LogP contribution in [0.5, 0.6) is 11.5 Å². The molecule has 3 heterocycles. The van der Waals surface area contributed by atoms with Crippen molar-refractivity contribution < 1.29 is 23.9 Å². The first-order valence-electron chi connectivity index (χ1n) is 11.3. The number of ether oxygens (including phenoxy) is 2. The van der Waals surface area contributed by atoms with Crippen molar-refractivity contribution in [2.45, 2.75) is 18.0 Å². The van der Waals surface area contributed by atoms with E-state index in [1.165, 1.54) is 28.4 Å². The van der Waals surface area contributed by atoms with Crippen LogP contribution in [0, 0.1) is 0 Å². The van der Waals surface area contributed by atoms with Gasteiger partial charge in [-0.25, -0.2) is 4.98 Å². The summed E-state index contributed by atoms with van der Waals surface area (Å²) in [6.45, 7) is 0.478. The number of fused-ring (bicyclic) bond motifs is 2. The Balaban J connectivity index is 1.03. The second kappa shape index (κ2) is 11.2. The van der Waals surface area contributed by atoms with Crippen molar-refractivity contribution in [2.75, 3.05) is 19.1 Å². The molecule has 13 heteroatoms. The van der Waals surface area contributed by atoms with Crippen LogP contribution in [0.25, 0.3) is 17.1 Å². The molecule has 10 nitrogen and oxygen atoms in total. The number of hydrogen-bond donors (Lipinski definition) is 3. The molecular weight excluding hydrogens is 534 g/mol. The summed E-state index contributed by atoms with van der Waals surface area (Å²) in [7, 11) is 0. The van der Waals surface area contributed by atoms with Crippen molar-refractivity contribution in [3.63, 3.8) is 0 Å². The summed E-state index contributed by atoms with van der Waals surface area (Å²) in [4.78, 5) is 46.5. The highest BCUT2D eigenvalue weighted by molar-refractivity contribution is 8.26. The third kappa shape index (κ3) is 6.06. The van der Waals surface area contributed by atoms with Crippen LogP contribution in [0.3, 0.4) is 0 Å². The van der Waals surface area contributed by atoms with Crippen LogP contribution < -0.4 is 20.3 Å². The summed E-state index contributed by atoms with van der Waals surface area (Å²) < 4.78 is 11.1. The lowest BCUT2D eigenvalue weighted by Gasteiger charge is -2.14. The van der Waals surface area contributed by atoms with E-state index in [4.69, 9.17) is 21.7 Å². The zero-order valence-corrected chi connectivity index (χ0v) is 21.8. The Kier molecular flexibility index (Phi) is 7.63. The van der Waals surface area contributed by atoms with E-state index in [2.05, 4.69) is 20.8 Å². The quantitative estimate of drug-likeness (QED) is 0.166. The fourth-order valence-corrected chi connectivity index (χ4v) is 5.61. The van der Waals surface area contributed by atoms with E-state index in [-0.39, 0.29) is 36.7 Å². The molecule has 0 aliphatic carbocycles. The lowest BCUT2D eigenvalue weighted by molar-refractivity contribution is -0.128. The van der Waals surface area contributed by atoms with E-state index < -0.39 is 0 Å². The number of para-hydroxylation sites is 2. The first-order chi connectivity index (χ1) is 18.0. The summed E-state index contributed by atoms with van der Waals surface area (Å²) in [5, 5.41) is 0.624. The van der Waals surface area contributed by atoms with Gasteiger partial charge in [0.25, 0.3) is 5.91 Å². The van der Waals surface area contributed by atoms with Gasteiger partial charge in [-0.1, -0.05) is 53.9 Å². The molecule has 3 N–H and O–H groups in total. The number of aromatic nitrogens is 2. The van der Waals surface area contributed by atoms with Crippen LogP contribution >= 0.6 is 35.7 Å². The summed E-state index contributed by atoms with van der Waals surface area (Å²) in [5.41, 5.74) is 7.31. The SMILES string of the molecule is O=C(CCCN1C(=O)C(=Cc2ccc3c(c2)OCO3)SC1=S)NNC(=O)CSc1nc2ccccc2[nH]1. The van der Waals surface area contributed by atoms with Gasteiger partial charge in [0.2, 0.25) is 18.6 Å². The van der Waals surface area contributed by atoms with Gasteiger partial charge in [0.15, 0.2) is 16.7 Å². The van der Waals surface area contributed by atoms with E-state index in [1.54, 1.807) is 12.1 Å². The number of H-pyrrole nitrogens is 1. The lowest BCUT2D eigenvalue weighted by atomic mass is 10.2. The first kappa shape index (κ1) is 25.1. The largest absolute Gasteiger partial charge is 0.454 e. The lowest BCUT2D eigenvalue weighted by Crippen LogP contribution is -2.42. The highest BCUT2D eigenvalue weighted by Gasteiger charge is 2.31. The van der Waals surface area contributed by atoms with Crippen LogP contribution in [0.2, 0.25) is 0 Å². The number of imidazole rings is 1. The number of rotatable bonds is 8. The third-order valence-corrected chi connectivity index (χ3v) is 7.65. The van der Waals surface area contributed by atoms with Crippen molar-refractivity contribution in [3.8, 4) is 11.5 Å². The molecule has 3 amide bonds. The third-order valence-electron chi connectivity index (χ3n) is 5.40. The fraction of sp³-hybridized carbons (Fsp3) is 0.208. The van der Waals surface area contributed by atoms with Gasteiger partial charge in [0.05, 0.1) is 21.7 Å². The van der Waals surface area contributed by atoms with Gasteiger partial charge in [-0.2, -0.15) is 0 Å². The van der Waals surface area contributed by atoms with Gasteiger partial charge < -0.3 is 14.5 Å². The number of carbonyl (C=O) groups is 3. The minimum Gasteiger partial charge on any atom is -0.454 e. The van der Waals surface area contributed by atoms with Crippen molar-refractivity contribution in [1.82, 2.24) is 25.7 Å². The molecule has 0 spiro atoms. The highest BCUT2D eigenvalue weighted by Crippen LogP contribution is 2.36. The van der Waals surface area contributed by atoms with Crippen LogP contribution in [-0.4, -0.2) is 56.0 Å². The van der Waals surface area contributed by atoms with Crippen molar-refractivity contribution in [3.05, 3.63) is 52.9 Å². The Morgan fingerprint density at radius 2 is 1.97 bits per heavy atom. The molecule has 2 aromatic carbocycles. The summed E-state index contributed by atoms with van der Waals surface area (Å²) >= 11 is 7.82. The molecule has 0 bridgehead atoms. The highest BCUT2D eigenvalue weighted by atomic mass is 32.2. The monoisotopic (exact) mass is 555 g/mol. The number of amides is 3. The minimum absolute atomic E-state index is 0.0896. The number of hydrogen-bond acceptors (Lipinski definition) is 9. The number of benzene rings is 2. The molecule has 0 atom stereocenters. The normalized spacial score (nSPS) is 15.6. The van der Waals surface area contributed by atoms with Crippen LogP contribution in [0.1, 0.15) is 18.4 Å². The predicted molar refractivity (Wildman–Crippen MR) is 145 cm³/mol. The zero-order chi connectivity index (χ0) is 25.8. The van der Waals surface area contributed by atoms with Crippen LogP contribution in [0.15, 0.2) is 52.5 Å². The second-order valence-corrected chi connectivity index (χ2v) is 10.6. The molecule has 37 heavy (non-hydrogen) atoms. The zero-order valence-electron chi connectivity index (χ0n) is 19.3. The van der Waals surface area contributed by atoms with Gasteiger partial charge >= 0.3 is 0 Å². The predicted octanol–water partition coefficient (Wildman–Crippen LogP) is 3.21. The Morgan fingerprint density at radius 3 is 2.84 bits per heavy atom. The number of aromatic amines is 1. The standard InChI is InChI=1S/C24H21N5O5S3/c30-20(27-28-21(31)12-36-23-25-15-4-1-2-5-16(15)26-23)6-3-9-29-22(32)19(37-24(29)35)11-14-7-8-17-18(10-14)34-13-33-17/h1-2,4-5,7-8,10-11H,3,6,9,12-13H2,(H,25,26)(H,27,30)(H,28,31). The molecule has 1 saturated heterocycles. The molecule has 1 aromatic heterocycles. The van der Waals surface area contributed by atoms with E-state index in [1.807, 2.05) is 36.4 Å². The second-order valence-electron chi connectivity index (χ2n) is 7.99. The number of nitrogens with zero attached hydrogens (tertiary/aromatic N) is 2. The Hall–Kier alpha value is -3.55. The van der Waals surface area contributed by atoms with E-state index in [0.717, 1.165) is 16.6 Å². The minimum atomic E-state index is -0.358. The maximum absolute atomic E-state index is 12.8. The molecular formula is C24H21N5O5S3. The van der Waals surface area contributed by atoms with E-state index in [9.17, 15) is 14.4 Å². The molecule has 0 saturated carbocycles. The Labute approximate surface area is 225 Å². The summed E-state index contributed by atoms with van der Waals surface area (Å²) in [6, 6.07) is 13.0. The molecule has 5 rings (SSSR count). The Bertz CT molecular complexity index is 1390. The maximum atomic E-state index is 12.8. The molecule has 1 fully saturated rings. The van der Waals surface area contributed by atoms with E-state index >= 15 is 0 Å². The number of thiocarbonyl (C=S) groups is 1. The van der Waals surface area contributed by atoms with E-state index in [0.29, 0.717) is 38.8 Å². The number of hydrazine groups is 1. The molecule has 0 unspecified atom stereocenters.